The number of benzene rings is 1. The number of aliphatic hydroxyl groups is 1. The largest absolute Gasteiger partial charge is 0.393 e. The van der Waals surface area contributed by atoms with E-state index in [0.717, 1.165) is 23.3 Å². The molecular formula is C13H16ClN3O. The van der Waals surface area contributed by atoms with Gasteiger partial charge in [-0.15, -0.1) is 0 Å². The van der Waals surface area contributed by atoms with Crippen LogP contribution in [0.1, 0.15) is 13.3 Å². The number of rotatable bonds is 4. The minimum absolute atomic E-state index is 0.243. The zero-order chi connectivity index (χ0) is 13.1. The number of halogens is 1. The summed E-state index contributed by atoms with van der Waals surface area (Å²) >= 11 is 5.93. The van der Waals surface area contributed by atoms with Crippen LogP contribution in [-0.2, 0) is 0 Å². The second-order valence-corrected chi connectivity index (χ2v) is 4.73. The van der Waals surface area contributed by atoms with Gasteiger partial charge in [0.15, 0.2) is 0 Å². The van der Waals surface area contributed by atoms with Crippen molar-refractivity contribution in [2.45, 2.75) is 19.4 Å². The molecule has 4 nitrogen and oxygen atoms in total. The number of aromatic nitrogens is 2. The molecule has 1 aromatic heterocycles. The van der Waals surface area contributed by atoms with Crippen molar-refractivity contribution in [2.75, 3.05) is 18.5 Å². The number of hydrogen-bond acceptors (Lipinski definition) is 4. The van der Waals surface area contributed by atoms with Crippen LogP contribution in [0.5, 0.6) is 0 Å². The third-order valence-electron chi connectivity index (χ3n) is 2.80. The molecule has 1 heterocycles. The molecule has 1 unspecified atom stereocenters. The molecule has 0 amide bonds. The molecule has 0 bridgehead atoms. The molecule has 0 saturated carbocycles. The molecule has 0 aliphatic rings. The first-order chi connectivity index (χ1) is 8.58. The normalized spacial score (nSPS) is 12.7. The van der Waals surface area contributed by atoms with Crippen LogP contribution < -0.4 is 4.90 Å². The van der Waals surface area contributed by atoms with Crippen molar-refractivity contribution in [1.29, 1.82) is 0 Å². The third-order valence-corrected chi connectivity index (χ3v) is 2.97. The van der Waals surface area contributed by atoms with Gasteiger partial charge in [-0.2, -0.15) is 4.98 Å². The smallest absolute Gasteiger partial charge is 0.224 e. The van der Waals surface area contributed by atoms with Gasteiger partial charge in [-0.1, -0.05) is 12.1 Å². The highest BCUT2D eigenvalue weighted by atomic mass is 35.5. The van der Waals surface area contributed by atoms with E-state index in [1.54, 1.807) is 6.92 Å². The van der Waals surface area contributed by atoms with Crippen LogP contribution in [0.15, 0.2) is 24.3 Å². The number of aliphatic hydroxyl groups excluding tert-OH is 1. The maximum absolute atomic E-state index is 9.33. The van der Waals surface area contributed by atoms with Gasteiger partial charge < -0.3 is 10.0 Å². The van der Waals surface area contributed by atoms with Gasteiger partial charge in [-0.05, 0) is 37.1 Å². The van der Waals surface area contributed by atoms with E-state index in [4.69, 9.17) is 11.6 Å². The maximum Gasteiger partial charge on any atom is 0.224 e. The summed E-state index contributed by atoms with van der Waals surface area (Å²) in [5.74, 6) is 0.797. The van der Waals surface area contributed by atoms with Gasteiger partial charge in [-0.3, -0.25) is 0 Å². The van der Waals surface area contributed by atoms with Crippen molar-refractivity contribution in [1.82, 2.24) is 9.97 Å². The van der Waals surface area contributed by atoms with Crippen LogP contribution in [-0.4, -0.2) is 34.8 Å². The average molecular weight is 266 g/mol. The lowest BCUT2D eigenvalue weighted by Gasteiger charge is -2.20. The van der Waals surface area contributed by atoms with Crippen LogP contribution in [0.25, 0.3) is 10.9 Å². The van der Waals surface area contributed by atoms with E-state index < -0.39 is 0 Å². The number of anilines is 1. The number of para-hydroxylation sites is 1. The molecule has 0 radical (unpaired) electrons. The molecule has 96 valence electrons. The third kappa shape index (κ3) is 2.89. The molecule has 0 aliphatic heterocycles. The van der Waals surface area contributed by atoms with Crippen molar-refractivity contribution in [3.63, 3.8) is 0 Å². The topological polar surface area (TPSA) is 49.2 Å². The second kappa shape index (κ2) is 5.50. The first kappa shape index (κ1) is 13.1. The van der Waals surface area contributed by atoms with Gasteiger partial charge >= 0.3 is 0 Å². The van der Waals surface area contributed by atoms with Gasteiger partial charge in [0.25, 0.3) is 0 Å². The van der Waals surface area contributed by atoms with Crippen molar-refractivity contribution in [2.24, 2.45) is 0 Å². The van der Waals surface area contributed by atoms with Gasteiger partial charge in [0.2, 0.25) is 5.28 Å². The predicted octanol–water partition coefficient (Wildman–Crippen LogP) is 2.49. The van der Waals surface area contributed by atoms with E-state index in [1.807, 2.05) is 36.2 Å². The molecule has 0 saturated heterocycles. The van der Waals surface area contributed by atoms with Crippen LogP contribution in [0.3, 0.4) is 0 Å². The molecule has 18 heavy (non-hydrogen) atoms. The van der Waals surface area contributed by atoms with Crippen molar-refractivity contribution in [3.05, 3.63) is 29.5 Å². The van der Waals surface area contributed by atoms with E-state index in [2.05, 4.69) is 9.97 Å². The lowest BCUT2D eigenvalue weighted by atomic mass is 10.2. The number of fused-ring (bicyclic) bond motifs is 1. The Kier molecular flexibility index (Phi) is 3.99. The summed E-state index contributed by atoms with van der Waals surface area (Å²) in [6, 6.07) is 7.76. The molecule has 0 aliphatic carbocycles. The van der Waals surface area contributed by atoms with Crippen LogP contribution in [0.4, 0.5) is 5.82 Å². The fourth-order valence-electron chi connectivity index (χ4n) is 1.81. The predicted molar refractivity (Wildman–Crippen MR) is 74.1 cm³/mol. The highest BCUT2D eigenvalue weighted by Crippen LogP contribution is 2.24. The molecular weight excluding hydrogens is 250 g/mol. The SMILES string of the molecule is CC(O)CCN(C)c1nc(Cl)nc2ccccc12. The summed E-state index contributed by atoms with van der Waals surface area (Å²) in [6.45, 7) is 2.49. The number of hydrogen-bond donors (Lipinski definition) is 1. The summed E-state index contributed by atoms with van der Waals surface area (Å²) in [5, 5.41) is 10.5. The fraction of sp³-hybridized carbons (Fsp3) is 0.385. The monoisotopic (exact) mass is 265 g/mol. The van der Waals surface area contributed by atoms with Crippen molar-refractivity contribution in [3.8, 4) is 0 Å². The lowest BCUT2D eigenvalue weighted by Crippen LogP contribution is -2.23. The Bertz CT molecular complexity index is 545. The second-order valence-electron chi connectivity index (χ2n) is 4.39. The summed E-state index contributed by atoms with van der Waals surface area (Å²) in [7, 11) is 1.94. The summed E-state index contributed by atoms with van der Waals surface area (Å²) in [5.41, 5.74) is 0.830. The maximum atomic E-state index is 9.33. The Labute approximate surface area is 111 Å². The van der Waals surface area contributed by atoms with E-state index in [1.165, 1.54) is 0 Å². The minimum atomic E-state index is -0.323. The van der Waals surface area contributed by atoms with Crippen LogP contribution in [0, 0.1) is 0 Å². The first-order valence-electron chi connectivity index (χ1n) is 5.89. The Hall–Kier alpha value is -1.39. The van der Waals surface area contributed by atoms with Crippen LogP contribution in [0.2, 0.25) is 5.28 Å². The summed E-state index contributed by atoms with van der Waals surface area (Å²) < 4.78 is 0. The molecule has 2 rings (SSSR count). The van der Waals surface area contributed by atoms with Gasteiger partial charge in [0, 0.05) is 19.0 Å². The van der Waals surface area contributed by atoms with Crippen molar-refractivity contribution >= 4 is 28.3 Å². The zero-order valence-electron chi connectivity index (χ0n) is 10.5. The standard InChI is InChI=1S/C13H16ClN3O/c1-9(18)7-8-17(2)12-10-5-3-4-6-11(10)15-13(14)16-12/h3-6,9,18H,7-8H2,1-2H3. The quantitative estimate of drug-likeness (QED) is 0.863. The van der Waals surface area contributed by atoms with E-state index in [9.17, 15) is 5.11 Å². The Balaban J connectivity index is 2.36. The zero-order valence-corrected chi connectivity index (χ0v) is 11.2. The van der Waals surface area contributed by atoms with E-state index >= 15 is 0 Å². The highest BCUT2D eigenvalue weighted by Gasteiger charge is 2.11. The summed E-state index contributed by atoms with van der Waals surface area (Å²) in [6.07, 6.45) is 0.364. The molecule has 2 aromatic rings. The number of nitrogens with zero attached hydrogens (tertiary/aromatic N) is 3. The average Bonchev–Trinajstić information content (AvgIpc) is 2.34. The summed E-state index contributed by atoms with van der Waals surface area (Å²) in [4.78, 5) is 10.5. The van der Waals surface area contributed by atoms with Gasteiger partial charge in [0.05, 0.1) is 11.6 Å². The molecule has 5 heteroatoms. The Morgan fingerprint density at radius 2 is 2.06 bits per heavy atom. The lowest BCUT2D eigenvalue weighted by molar-refractivity contribution is 0.187. The first-order valence-corrected chi connectivity index (χ1v) is 6.27. The molecule has 1 atom stereocenters. The van der Waals surface area contributed by atoms with Crippen molar-refractivity contribution < 1.29 is 5.11 Å². The molecule has 1 N–H and O–H groups in total. The Morgan fingerprint density at radius 1 is 1.33 bits per heavy atom. The Morgan fingerprint density at radius 3 is 2.78 bits per heavy atom. The highest BCUT2D eigenvalue weighted by molar-refractivity contribution is 6.28. The van der Waals surface area contributed by atoms with Gasteiger partial charge in [0.1, 0.15) is 5.82 Å². The molecule has 0 fully saturated rings. The van der Waals surface area contributed by atoms with E-state index in [-0.39, 0.29) is 11.4 Å². The fourth-order valence-corrected chi connectivity index (χ4v) is 1.98. The van der Waals surface area contributed by atoms with Gasteiger partial charge in [-0.25, -0.2) is 4.98 Å². The van der Waals surface area contributed by atoms with E-state index in [0.29, 0.717) is 6.42 Å². The van der Waals surface area contributed by atoms with Crippen LogP contribution >= 0.6 is 11.6 Å². The molecule has 0 spiro atoms. The minimum Gasteiger partial charge on any atom is -0.393 e. The molecule has 1 aromatic carbocycles.